The van der Waals surface area contributed by atoms with Crippen molar-refractivity contribution in [1.82, 2.24) is 0 Å². The number of para-hydroxylation sites is 2. The molecule has 12 heteroatoms. The molecule has 15 rings (SSSR count). The number of benzene rings is 4. The van der Waals surface area contributed by atoms with Gasteiger partial charge in [-0.1, -0.05) is 48.6 Å². The molecular formula is C52H52N6O6+2. The van der Waals surface area contributed by atoms with E-state index in [0.717, 1.165) is 73.9 Å². The summed E-state index contributed by atoms with van der Waals surface area (Å²) in [5.41, 5.74) is 11.2. The van der Waals surface area contributed by atoms with Gasteiger partial charge in [0.15, 0.2) is 0 Å². The van der Waals surface area contributed by atoms with Crippen LogP contribution in [-0.4, -0.2) is 94.8 Å². The highest BCUT2D eigenvalue weighted by Crippen LogP contribution is 2.73. The summed E-state index contributed by atoms with van der Waals surface area (Å²) in [7, 11) is 0. The molecule has 7 fully saturated rings. The Balaban J connectivity index is 0.927. The fourth-order valence-corrected chi connectivity index (χ4v) is 18.0. The minimum atomic E-state index is -0.289. The summed E-state index contributed by atoms with van der Waals surface area (Å²) in [6, 6.07) is 34.8. The molecule has 5 saturated heterocycles. The number of ether oxygens (including phenoxy) is 2. The normalized spacial score (nSPS) is 41.4. The fourth-order valence-electron chi connectivity index (χ4n) is 18.0. The van der Waals surface area contributed by atoms with Gasteiger partial charge in [-0.15, -0.1) is 0 Å². The lowest BCUT2D eigenvalue weighted by Crippen LogP contribution is -2.78. The molecule has 11 aliphatic rings. The number of anilines is 2. The molecule has 64 heavy (non-hydrogen) atoms. The summed E-state index contributed by atoms with van der Waals surface area (Å²) >= 11 is 0. The van der Waals surface area contributed by atoms with Crippen molar-refractivity contribution in [2.45, 2.75) is 86.2 Å². The second-order valence-electron chi connectivity index (χ2n) is 21.6. The van der Waals surface area contributed by atoms with E-state index in [0.29, 0.717) is 37.1 Å². The molecule has 4 unspecified atom stereocenters. The molecule has 14 atom stereocenters. The molecule has 0 N–H and O–H groups in total. The summed E-state index contributed by atoms with van der Waals surface area (Å²) in [5, 5.41) is 23.4. The highest BCUT2D eigenvalue weighted by atomic mass is 16.6. The van der Waals surface area contributed by atoms with Crippen molar-refractivity contribution in [3.63, 3.8) is 0 Å². The second-order valence-corrected chi connectivity index (χ2v) is 21.6. The Morgan fingerprint density at radius 3 is 1.44 bits per heavy atom. The second kappa shape index (κ2) is 12.3. The first-order valence-corrected chi connectivity index (χ1v) is 23.8. The molecule has 0 amide bonds. The number of piperidine rings is 2. The predicted molar refractivity (Wildman–Crippen MR) is 238 cm³/mol. The van der Waals surface area contributed by atoms with E-state index < -0.39 is 0 Å². The number of rotatable bonds is 6. The highest BCUT2D eigenvalue weighted by molar-refractivity contribution is 5.72. The molecule has 4 aromatic carbocycles. The Bertz CT molecular complexity index is 2610. The van der Waals surface area contributed by atoms with Gasteiger partial charge in [0, 0.05) is 96.1 Å². The van der Waals surface area contributed by atoms with E-state index in [1.54, 1.807) is 35.4 Å². The van der Waals surface area contributed by atoms with E-state index in [1.807, 2.05) is 24.3 Å². The van der Waals surface area contributed by atoms with Crippen molar-refractivity contribution >= 4 is 22.7 Å². The minimum Gasteiger partial charge on any atom is -0.354 e. The molecule has 0 aromatic heterocycles. The summed E-state index contributed by atoms with van der Waals surface area (Å²) in [4.78, 5) is 28.6. The molecule has 2 spiro atoms. The number of fused-ring (bicyclic) bond motifs is 6. The molecule has 9 aliphatic heterocycles. The third kappa shape index (κ3) is 4.26. The van der Waals surface area contributed by atoms with Crippen molar-refractivity contribution in [2.24, 2.45) is 23.7 Å². The van der Waals surface area contributed by atoms with Crippen molar-refractivity contribution in [3.05, 3.63) is 163 Å². The lowest BCUT2D eigenvalue weighted by atomic mass is 9.52. The third-order valence-electron chi connectivity index (χ3n) is 19.8. The quantitative estimate of drug-likeness (QED) is 0.0849. The first kappa shape index (κ1) is 36.9. The SMILES string of the molecule is O=[N+]([O-])c1ccc(C[N+]23CC[C@@]45c6ccccc6N6[C@@H]7OCC=C8C[N+]9(Cc%10ccc([N+](=O)[O-])cc%10)CC[C@]%10%11c%12ccccc%12N([C@@H]%12OCC=C(C2)C(C[C@@H]43)C%12[C@H]65)[C@H]%10[C@H]7[C@H]8C[C@@H]%119)cc1. The van der Waals surface area contributed by atoms with E-state index in [1.165, 1.54) is 33.6 Å². The zero-order chi connectivity index (χ0) is 42.5. The van der Waals surface area contributed by atoms with Gasteiger partial charge in [0.05, 0.1) is 59.1 Å². The van der Waals surface area contributed by atoms with Gasteiger partial charge in [0.1, 0.15) is 50.7 Å². The predicted octanol–water partition coefficient (Wildman–Crippen LogP) is 7.51. The van der Waals surface area contributed by atoms with Crippen LogP contribution in [0.3, 0.4) is 0 Å². The van der Waals surface area contributed by atoms with Gasteiger partial charge in [0.25, 0.3) is 11.4 Å². The molecule has 2 aliphatic carbocycles. The number of nitrogens with zero attached hydrogens (tertiary/aromatic N) is 6. The van der Waals surface area contributed by atoms with Crippen LogP contribution in [-0.2, 0) is 33.4 Å². The average molecular weight is 857 g/mol. The van der Waals surface area contributed by atoms with Crippen LogP contribution >= 0.6 is 0 Å². The smallest absolute Gasteiger partial charge is 0.269 e. The summed E-state index contributed by atoms with van der Waals surface area (Å²) in [6.45, 7) is 7.01. The molecule has 324 valence electrons. The van der Waals surface area contributed by atoms with Gasteiger partial charge >= 0.3 is 0 Å². The minimum absolute atomic E-state index is 0.111. The number of quaternary nitrogens is 2. The van der Waals surface area contributed by atoms with Crippen LogP contribution in [0.5, 0.6) is 0 Å². The first-order chi connectivity index (χ1) is 31.2. The summed E-state index contributed by atoms with van der Waals surface area (Å²) < 4.78 is 17.2. The largest absolute Gasteiger partial charge is 0.354 e. The number of nitro benzene ring substituents is 2. The maximum atomic E-state index is 11.7. The van der Waals surface area contributed by atoms with Gasteiger partial charge in [-0.05, 0) is 58.7 Å². The lowest BCUT2D eigenvalue weighted by Gasteiger charge is -2.65. The summed E-state index contributed by atoms with van der Waals surface area (Å²) in [5.74, 6) is 1.14. The molecular weight excluding hydrogens is 805 g/mol. The highest BCUT2D eigenvalue weighted by Gasteiger charge is 2.81. The standard InChI is InChI=1S/C52H52N6O6/c59-55(60)35-13-9-31(10-14-35)27-57-21-19-51-39-5-1-3-7-41(39)53-47(51)45-37(25-43(51)57)33(29-57)18-24-64-50(45)54-42-8-4-2-6-40(42)52-20-22-58(28-32-11-15-36(16-12-32)56(61)62)30-34-17-23-63-49(53)46(48(52)54)38(34)26-44(52)58/h1-18,37-38,43-50H,19-30H2/q+2/t37-,38?,43-,44-,45+,46?,47-,48-,49+,50+,51+,52+,57?,58?/m0/s1. The Labute approximate surface area is 371 Å². The number of hydrogen-bond donors (Lipinski definition) is 0. The van der Waals surface area contributed by atoms with Gasteiger partial charge in [-0.3, -0.25) is 20.2 Å². The monoisotopic (exact) mass is 856 g/mol. The molecule has 2 saturated carbocycles. The lowest BCUT2D eigenvalue weighted by molar-refractivity contribution is -0.955. The zero-order valence-electron chi connectivity index (χ0n) is 35.8. The van der Waals surface area contributed by atoms with E-state index in [4.69, 9.17) is 9.47 Å². The Hall–Kier alpha value is -5.40. The number of hydrogen-bond acceptors (Lipinski definition) is 8. The third-order valence-corrected chi connectivity index (χ3v) is 19.8. The molecule has 9 heterocycles. The van der Waals surface area contributed by atoms with E-state index in [-0.39, 0.29) is 68.4 Å². The van der Waals surface area contributed by atoms with Crippen LogP contribution < -0.4 is 9.80 Å². The topological polar surface area (TPSA) is 111 Å². The van der Waals surface area contributed by atoms with Crippen molar-refractivity contribution in [1.29, 1.82) is 0 Å². The van der Waals surface area contributed by atoms with E-state index in [2.05, 4.69) is 70.5 Å². The van der Waals surface area contributed by atoms with Gasteiger partial charge in [-0.2, -0.15) is 0 Å². The van der Waals surface area contributed by atoms with Gasteiger partial charge in [0.2, 0.25) is 0 Å². The van der Waals surface area contributed by atoms with Crippen LogP contribution in [0, 0.1) is 43.9 Å². The van der Waals surface area contributed by atoms with Crippen LogP contribution in [0.1, 0.15) is 47.9 Å². The van der Waals surface area contributed by atoms with E-state index in [9.17, 15) is 20.2 Å². The molecule has 0 radical (unpaired) electrons. The molecule has 4 bridgehead atoms. The summed E-state index contributed by atoms with van der Waals surface area (Å²) in [6.07, 6.45) is 9.10. The van der Waals surface area contributed by atoms with Crippen LogP contribution in [0.4, 0.5) is 22.7 Å². The molecule has 12 nitrogen and oxygen atoms in total. The average Bonchev–Trinajstić information content (AvgIpc) is 3.92. The van der Waals surface area contributed by atoms with Gasteiger partial charge < -0.3 is 28.2 Å². The van der Waals surface area contributed by atoms with Crippen LogP contribution in [0.2, 0.25) is 0 Å². The Kier molecular flexibility index (Phi) is 7.08. The molecule has 4 aromatic rings. The zero-order valence-corrected chi connectivity index (χ0v) is 35.8. The van der Waals surface area contributed by atoms with E-state index >= 15 is 0 Å². The first-order valence-electron chi connectivity index (χ1n) is 23.8. The van der Waals surface area contributed by atoms with Crippen molar-refractivity contribution < 1.29 is 28.3 Å². The number of non-ortho nitro benzene ring substituents is 2. The maximum absolute atomic E-state index is 11.7. The van der Waals surface area contributed by atoms with Gasteiger partial charge in [-0.25, -0.2) is 0 Å². The van der Waals surface area contributed by atoms with Crippen molar-refractivity contribution in [2.75, 3.05) is 49.2 Å². The van der Waals surface area contributed by atoms with Crippen molar-refractivity contribution in [3.8, 4) is 0 Å². The Morgan fingerprint density at radius 2 is 1.02 bits per heavy atom. The fraction of sp³-hybridized carbons (Fsp3) is 0.462. The number of nitro groups is 2. The van der Waals surface area contributed by atoms with Crippen LogP contribution in [0.25, 0.3) is 0 Å². The Morgan fingerprint density at radius 1 is 0.594 bits per heavy atom. The van der Waals surface area contributed by atoms with Crippen LogP contribution in [0.15, 0.2) is 120 Å². The maximum Gasteiger partial charge on any atom is 0.269 e.